The second-order valence-corrected chi connectivity index (χ2v) is 4.44. The van der Waals surface area contributed by atoms with E-state index in [1.54, 1.807) is 0 Å². The number of hydrogen-bond acceptors (Lipinski definition) is 3. The second-order valence-electron chi connectivity index (χ2n) is 4.44. The highest BCUT2D eigenvalue weighted by Gasteiger charge is 2.19. The normalized spacial score (nSPS) is 17.5. The van der Waals surface area contributed by atoms with Crippen molar-refractivity contribution < 1.29 is 0 Å². The molecule has 15 heavy (non-hydrogen) atoms. The second kappa shape index (κ2) is 4.62. The van der Waals surface area contributed by atoms with Gasteiger partial charge in [-0.05, 0) is 31.5 Å². The van der Waals surface area contributed by atoms with E-state index in [0.29, 0.717) is 5.82 Å². The number of nitrogens with two attached hydrogens (primary N) is 1. The van der Waals surface area contributed by atoms with Crippen molar-refractivity contribution in [1.29, 1.82) is 0 Å². The van der Waals surface area contributed by atoms with E-state index in [9.17, 15) is 0 Å². The Balaban J connectivity index is 1.92. The number of anilines is 1. The van der Waals surface area contributed by atoms with Gasteiger partial charge in [0.05, 0.1) is 0 Å². The zero-order valence-corrected chi connectivity index (χ0v) is 9.32. The van der Waals surface area contributed by atoms with Crippen LogP contribution in [0.2, 0.25) is 0 Å². The molecule has 0 saturated heterocycles. The Bertz CT molecular complexity index is 301. The number of aromatic nitrogens is 1. The lowest BCUT2D eigenvalue weighted by Crippen LogP contribution is -2.28. The number of pyridine rings is 1. The topological polar surface area (TPSA) is 42.1 Å². The SMILES string of the molecule is CN(Cc1ccc(N)nc1)C1CCCC1. The Morgan fingerprint density at radius 2 is 2.13 bits per heavy atom. The van der Waals surface area contributed by atoms with Gasteiger partial charge in [-0.3, -0.25) is 4.90 Å². The molecule has 1 heterocycles. The third-order valence-corrected chi connectivity index (χ3v) is 3.23. The van der Waals surface area contributed by atoms with Crippen LogP contribution < -0.4 is 5.73 Å². The van der Waals surface area contributed by atoms with Gasteiger partial charge in [-0.15, -0.1) is 0 Å². The first-order valence-corrected chi connectivity index (χ1v) is 5.66. The highest BCUT2D eigenvalue weighted by molar-refractivity contribution is 5.29. The molecule has 3 nitrogen and oxygen atoms in total. The molecule has 1 aliphatic rings. The molecule has 0 unspecified atom stereocenters. The molecule has 1 aromatic heterocycles. The van der Waals surface area contributed by atoms with Crippen LogP contribution in [0.25, 0.3) is 0 Å². The molecule has 82 valence electrons. The Kier molecular flexibility index (Phi) is 3.21. The van der Waals surface area contributed by atoms with Gasteiger partial charge in [0.15, 0.2) is 0 Å². The van der Waals surface area contributed by atoms with Crippen LogP contribution in [-0.4, -0.2) is 23.0 Å². The van der Waals surface area contributed by atoms with Crippen LogP contribution >= 0.6 is 0 Å². The van der Waals surface area contributed by atoms with Crippen LogP contribution in [0, 0.1) is 0 Å². The molecule has 0 aliphatic heterocycles. The zero-order valence-electron chi connectivity index (χ0n) is 9.32. The predicted octanol–water partition coefficient (Wildman–Crippen LogP) is 2.04. The molecule has 0 atom stereocenters. The molecule has 2 rings (SSSR count). The molecule has 1 saturated carbocycles. The van der Waals surface area contributed by atoms with E-state index >= 15 is 0 Å². The van der Waals surface area contributed by atoms with Gasteiger partial charge in [-0.25, -0.2) is 4.98 Å². The van der Waals surface area contributed by atoms with Gasteiger partial charge in [-0.2, -0.15) is 0 Å². The minimum atomic E-state index is 0.599. The summed E-state index contributed by atoms with van der Waals surface area (Å²) in [6, 6.07) is 4.70. The quantitative estimate of drug-likeness (QED) is 0.821. The molecule has 2 N–H and O–H groups in total. The van der Waals surface area contributed by atoms with Crippen LogP contribution in [0.5, 0.6) is 0 Å². The zero-order chi connectivity index (χ0) is 10.7. The highest BCUT2D eigenvalue weighted by Crippen LogP contribution is 2.23. The Morgan fingerprint density at radius 3 is 2.73 bits per heavy atom. The maximum absolute atomic E-state index is 5.55. The van der Waals surface area contributed by atoms with Crippen molar-refractivity contribution in [3.05, 3.63) is 23.9 Å². The molecule has 3 heteroatoms. The largest absolute Gasteiger partial charge is 0.384 e. The third kappa shape index (κ3) is 2.69. The van der Waals surface area contributed by atoms with Gasteiger partial charge in [0, 0.05) is 18.8 Å². The van der Waals surface area contributed by atoms with Crippen molar-refractivity contribution in [3.8, 4) is 0 Å². The van der Waals surface area contributed by atoms with Crippen molar-refractivity contribution in [2.45, 2.75) is 38.3 Å². The smallest absolute Gasteiger partial charge is 0.123 e. The van der Waals surface area contributed by atoms with Crippen molar-refractivity contribution in [1.82, 2.24) is 9.88 Å². The van der Waals surface area contributed by atoms with E-state index in [-0.39, 0.29) is 0 Å². The van der Waals surface area contributed by atoms with E-state index < -0.39 is 0 Å². The van der Waals surface area contributed by atoms with Gasteiger partial charge in [0.2, 0.25) is 0 Å². The van der Waals surface area contributed by atoms with Crippen molar-refractivity contribution in [2.75, 3.05) is 12.8 Å². The molecule has 0 bridgehead atoms. The van der Waals surface area contributed by atoms with Gasteiger partial charge in [0.25, 0.3) is 0 Å². The maximum atomic E-state index is 5.55. The van der Waals surface area contributed by atoms with E-state index in [2.05, 4.69) is 23.0 Å². The molecule has 1 fully saturated rings. The molecule has 0 amide bonds. The van der Waals surface area contributed by atoms with E-state index in [0.717, 1.165) is 12.6 Å². The van der Waals surface area contributed by atoms with E-state index in [1.807, 2.05) is 12.3 Å². The number of nitrogen functional groups attached to an aromatic ring is 1. The molecule has 1 aromatic rings. The molecular formula is C12H19N3. The fourth-order valence-electron chi connectivity index (χ4n) is 2.29. The third-order valence-electron chi connectivity index (χ3n) is 3.23. The van der Waals surface area contributed by atoms with Crippen LogP contribution in [-0.2, 0) is 6.54 Å². The monoisotopic (exact) mass is 205 g/mol. The maximum Gasteiger partial charge on any atom is 0.123 e. The summed E-state index contributed by atoms with van der Waals surface area (Å²) < 4.78 is 0. The van der Waals surface area contributed by atoms with Crippen molar-refractivity contribution >= 4 is 5.82 Å². The highest BCUT2D eigenvalue weighted by atomic mass is 15.1. The Labute approximate surface area is 91.3 Å². The predicted molar refractivity (Wildman–Crippen MR) is 62.4 cm³/mol. The summed E-state index contributed by atoms with van der Waals surface area (Å²) in [5.74, 6) is 0.599. The average Bonchev–Trinajstić information content (AvgIpc) is 2.74. The molecule has 0 aromatic carbocycles. The van der Waals surface area contributed by atoms with E-state index in [4.69, 9.17) is 5.73 Å². The molecule has 0 radical (unpaired) electrons. The number of rotatable bonds is 3. The van der Waals surface area contributed by atoms with Crippen LogP contribution in [0.3, 0.4) is 0 Å². The minimum Gasteiger partial charge on any atom is -0.384 e. The van der Waals surface area contributed by atoms with Gasteiger partial charge in [0.1, 0.15) is 5.82 Å². The van der Waals surface area contributed by atoms with E-state index in [1.165, 1.54) is 31.2 Å². The van der Waals surface area contributed by atoms with Crippen LogP contribution in [0.4, 0.5) is 5.82 Å². The summed E-state index contributed by atoms with van der Waals surface area (Å²) in [6.45, 7) is 0.984. The fraction of sp³-hybridized carbons (Fsp3) is 0.583. The van der Waals surface area contributed by atoms with Crippen molar-refractivity contribution in [3.63, 3.8) is 0 Å². The summed E-state index contributed by atoms with van der Waals surface area (Å²) in [7, 11) is 2.20. The number of nitrogens with zero attached hydrogens (tertiary/aromatic N) is 2. The van der Waals surface area contributed by atoms with Crippen LogP contribution in [0.1, 0.15) is 31.2 Å². The lowest BCUT2D eigenvalue weighted by atomic mass is 10.2. The van der Waals surface area contributed by atoms with Gasteiger partial charge < -0.3 is 5.73 Å². The summed E-state index contributed by atoms with van der Waals surface area (Å²) in [4.78, 5) is 6.54. The summed E-state index contributed by atoms with van der Waals surface area (Å²) >= 11 is 0. The van der Waals surface area contributed by atoms with Gasteiger partial charge >= 0.3 is 0 Å². The Hall–Kier alpha value is -1.09. The average molecular weight is 205 g/mol. The molecular weight excluding hydrogens is 186 g/mol. The fourth-order valence-corrected chi connectivity index (χ4v) is 2.29. The van der Waals surface area contributed by atoms with Crippen LogP contribution in [0.15, 0.2) is 18.3 Å². The summed E-state index contributed by atoms with van der Waals surface area (Å²) in [5, 5.41) is 0. The number of hydrogen-bond donors (Lipinski definition) is 1. The molecule has 1 aliphatic carbocycles. The van der Waals surface area contributed by atoms with Crippen molar-refractivity contribution in [2.24, 2.45) is 0 Å². The standard InChI is InChI=1S/C12H19N3/c1-15(11-4-2-3-5-11)9-10-6-7-12(13)14-8-10/h6-8,11H,2-5,9H2,1H3,(H2,13,14). The lowest BCUT2D eigenvalue weighted by molar-refractivity contribution is 0.237. The first kappa shape index (κ1) is 10.4. The lowest BCUT2D eigenvalue weighted by Gasteiger charge is -2.23. The minimum absolute atomic E-state index is 0.599. The Morgan fingerprint density at radius 1 is 1.40 bits per heavy atom. The first-order chi connectivity index (χ1) is 7.25. The first-order valence-electron chi connectivity index (χ1n) is 5.66. The molecule has 0 spiro atoms. The van der Waals surface area contributed by atoms with Gasteiger partial charge in [-0.1, -0.05) is 18.9 Å². The summed E-state index contributed by atoms with van der Waals surface area (Å²) in [5.41, 5.74) is 6.80. The summed E-state index contributed by atoms with van der Waals surface area (Å²) in [6.07, 6.45) is 7.34.